The summed E-state index contributed by atoms with van der Waals surface area (Å²) >= 11 is 0. The summed E-state index contributed by atoms with van der Waals surface area (Å²) in [5, 5.41) is 11.7. The van der Waals surface area contributed by atoms with E-state index in [9.17, 15) is 8.42 Å². The van der Waals surface area contributed by atoms with Crippen LogP contribution in [0.3, 0.4) is 0 Å². The van der Waals surface area contributed by atoms with Crippen LogP contribution >= 0.6 is 0 Å². The maximum atomic E-state index is 12.1. The molecule has 0 aliphatic heterocycles. The van der Waals surface area contributed by atoms with Crippen molar-refractivity contribution >= 4 is 10.0 Å². The van der Waals surface area contributed by atoms with Crippen LogP contribution in [0.4, 0.5) is 0 Å². The molecule has 0 atom stereocenters. The van der Waals surface area contributed by atoms with Crippen molar-refractivity contribution in [1.29, 1.82) is 5.26 Å². The predicted octanol–water partition coefficient (Wildman–Crippen LogP) is -0.207. The number of nitrogens with zero attached hydrogens (tertiary/aromatic N) is 3. The third kappa shape index (κ3) is 3.00. The first kappa shape index (κ1) is 13.6. The number of rotatable bonds is 5. The van der Waals surface area contributed by atoms with Gasteiger partial charge in [-0.1, -0.05) is 0 Å². The molecule has 7 heteroatoms. The monoisotopic (exact) mass is 254 g/mol. The molecule has 1 aromatic heterocycles. The number of hydrogen-bond acceptors (Lipinski definition) is 5. The fourth-order valence-corrected chi connectivity index (χ4v) is 2.50. The van der Waals surface area contributed by atoms with Gasteiger partial charge in [0, 0.05) is 26.3 Å². The standard InChI is InChI=1S/C10H14N4O2S/c1-12-6-7-14(2)17(15,16)10-4-3-5-13-9(10)8-11/h3-5,12H,6-7H2,1-2H3. The van der Waals surface area contributed by atoms with Crippen molar-refractivity contribution in [2.75, 3.05) is 27.2 Å². The van der Waals surface area contributed by atoms with Gasteiger partial charge in [0.2, 0.25) is 10.0 Å². The Bertz CT molecular complexity index is 521. The molecule has 0 fully saturated rings. The van der Waals surface area contributed by atoms with Crippen LogP contribution in [0.25, 0.3) is 0 Å². The number of aromatic nitrogens is 1. The van der Waals surface area contributed by atoms with E-state index in [1.54, 1.807) is 13.1 Å². The van der Waals surface area contributed by atoms with E-state index in [1.165, 1.54) is 29.7 Å². The molecule has 0 spiro atoms. The van der Waals surface area contributed by atoms with E-state index in [-0.39, 0.29) is 10.6 Å². The second-order valence-electron chi connectivity index (χ2n) is 3.39. The minimum atomic E-state index is -3.65. The van der Waals surface area contributed by atoms with E-state index in [2.05, 4.69) is 10.3 Å². The van der Waals surface area contributed by atoms with Crippen molar-refractivity contribution in [3.63, 3.8) is 0 Å². The third-order valence-electron chi connectivity index (χ3n) is 2.24. The lowest BCUT2D eigenvalue weighted by Crippen LogP contribution is -2.33. The number of nitrogens with one attached hydrogen (secondary N) is 1. The van der Waals surface area contributed by atoms with E-state index in [4.69, 9.17) is 5.26 Å². The number of hydrogen-bond donors (Lipinski definition) is 1. The molecule has 0 aromatic carbocycles. The highest BCUT2D eigenvalue weighted by molar-refractivity contribution is 7.89. The Balaban J connectivity index is 3.10. The van der Waals surface area contributed by atoms with Gasteiger partial charge in [-0.15, -0.1) is 0 Å². The Kier molecular flexibility index (Phi) is 4.57. The Morgan fingerprint density at radius 3 is 2.88 bits per heavy atom. The second-order valence-corrected chi connectivity index (χ2v) is 5.41. The van der Waals surface area contributed by atoms with Gasteiger partial charge < -0.3 is 5.32 Å². The normalized spacial score (nSPS) is 11.4. The number of nitriles is 1. The molecule has 1 aromatic rings. The van der Waals surface area contributed by atoms with Crippen LogP contribution in [0.5, 0.6) is 0 Å². The molecule has 0 aliphatic carbocycles. The van der Waals surface area contributed by atoms with Crippen LogP contribution in [-0.4, -0.2) is 44.9 Å². The summed E-state index contributed by atoms with van der Waals surface area (Å²) < 4.78 is 25.4. The largest absolute Gasteiger partial charge is 0.318 e. The fraction of sp³-hybridized carbons (Fsp3) is 0.400. The van der Waals surface area contributed by atoms with Gasteiger partial charge in [0.1, 0.15) is 11.0 Å². The lowest BCUT2D eigenvalue weighted by molar-refractivity contribution is 0.465. The summed E-state index contributed by atoms with van der Waals surface area (Å²) in [5.74, 6) is 0. The third-order valence-corrected chi connectivity index (χ3v) is 4.13. The highest BCUT2D eigenvalue weighted by Gasteiger charge is 2.23. The Morgan fingerprint density at radius 2 is 2.29 bits per heavy atom. The maximum Gasteiger partial charge on any atom is 0.245 e. The number of likely N-dealkylation sites (N-methyl/N-ethyl adjacent to an activating group) is 2. The van der Waals surface area contributed by atoms with Gasteiger partial charge in [0.05, 0.1) is 0 Å². The van der Waals surface area contributed by atoms with Crippen LogP contribution < -0.4 is 5.32 Å². The minimum Gasteiger partial charge on any atom is -0.318 e. The molecule has 0 bridgehead atoms. The molecule has 1 heterocycles. The summed E-state index contributed by atoms with van der Waals surface area (Å²) in [4.78, 5) is 3.69. The zero-order valence-corrected chi connectivity index (χ0v) is 10.5. The Morgan fingerprint density at radius 1 is 1.59 bits per heavy atom. The van der Waals surface area contributed by atoms with Crippen molar-refractivity contribution in [3.8, 4) is 6.07 Å². The quantitative estimate of drug-likeness (QED) is 0.786. The summed E-state index contributed by atoms with van der Waals surface area (Å²) in [5.41, 5.74) is -0.0798. The molecule has 0 saturated carbocycles. The minimum absolute atomic E-state index is 0.0545. The fourth-order valence-electron chi connectivity index (χ4n) is 1.24. The topological polar surface area (TPSA) is 86.1 Å². The zero-order valence-electron chi connectivity index (χ0n) is 9.71. The first-order valence-electron chi connectivity index (χ1n) is 5.00. The van der Waals surface area contributed by atoms with Gasteiger partial charge >= 0.3 is 0 Å². The predicted molar refractivity (Wildman–Crippen MR) is 62.7 cm³/mol. The first-order chi connectivity index (χ1) is 8.04. The lowest BCUT2D eigenvalue weighted by atomic mass is 10.4. The van der Waals surface area contributed by atoms with Crippen molar-refractivity contribution in [2.24, 2.45) is 0 Å². The van der Waals surface area contributed by atoms with Crippen LogP contribution in [0.1, 0.15) is 5.69 Å². The van der Waals surface area contributed by atoms with Crippen LogP contribution in [0, 0.1) is 11.3 Å². The molecule has 0 aliphatic rings. The zero-order chi connectivity index (χ0) is 12.9. The average molecular weight is 254 g/mol. The summed E-state index contributed by atoms with van der Waals surface area (Å²) in [6, 6.07) is 4.67. The van der Waals surface area contributed by atoms with Gasteiger partial charge in [-0.2, -0.15) is 9.57 Å². The van der Waals surface area contributed by atoms with Gasteiger partial charge in [0.15, 0.2) is 5.69 Å². The van der Waals surface area contributed by atoms with Gasteiger partial charge in [-0.25, -0.2) is 13.4 Å². The lowest BCUT2D eigenvalue weighted by Gasteiger charge is -2.17. The van der Waals surface area contributed by atoms with E-state index in [0.29, 0.717) is 13.1 Å². The van der Waals surface area contributed by atoms with E-state index >= 15 is 0 Å². The molecule has 0 amide bonds. The van der Waals surface area contributed by atoms with Crippen LogP contribution in [0.15, 0.2) is 23.2 Å². The molecule has 1 rings (SSSR count). The summed E-state index contributed by atoms with van der Waals surface area (Å²) in [6.45, 7) is 0.872. The van der Waals surface area contributed by atoms with Crippen molar-refractivity contribution in [3.05, 3.63) is 24.0 Å². The SMILES string of the molecule is CNCCN(C)S(=O)(=O)c1cccnc1C#N. The molecule has 17 heavy (non-hydrogen) atoms. The summed E-state index contributed by atoms with van der Waals surface area (Å²) in [6.07, 6.45) is 1.39. The van der Waals surface area contributed by atoms with Crippen molar-refractivity contribution in [2.45, 2.75) is 4.90 Å². The van der Waals surface area contributed by atoms with E-state index in [1.807, 2.05) is 0 Å². The summed E-state index contributed by atoms with van der Waals surface area (Å²) in [7, 11) is -0.431. The van der Waals surface area contributed by atoms with E-state index < -0.39 is 10.0 Å². The van der Waals surface area contributed by atoms with Gasteiger partial charge in [0.25, 0.3) is 0 Å². The number of sulfonamides is 1. The molecule has 1 N–H and O–H groups in total. The van der Waals surface area contributed by atoms with Crippen molar-refractivity contribution in [1.82, 2.24) is 14.6 Å². The second kappa shape index (κ2) is 5.72. The van der Waals surface area contributed by atoms with Crippen LogP contribution in [0.2, 0.25) is 0 Å². The first-order valence-corrected chi connectivity index (χ1v) is 6.44. The molecular weight excluding hydrogens is 240 g/mol. The smallest absolute Gasteiger partial charge is 0.245 e. The highest BCUT2D eigenvalue weighted by atomic mass is 32.2. The molecule has 92 valence electrons. The molecule has 0 radical (unpaired) electrons. The van der Waals surface area contributed by atoms with Crippen molar-refractivity contribution < 1.29 is 8.42 Å². The Labute approximate surface area is 101 Å². The average Bonchev–Trinajstić information content (AvgIpc) is 2.35. The molecule has 0 saturated heterocycles. The number of pyridine rings is 1. The van der Waals surface area contributed by atoms with Gasteiger partial charge in [-0.05, 0) is 19.2 Å². The van der Waals surface area contributed by atoms with Gasteiger partial charge in [-0.3, -0.25) is 0 Å². The maximum absolute atomic E-state index is 12.1. The Hall–Kier alpha value is -1.49. The van der Waals surface area contributed by atoms with Crippen LogP contribution in [-0.2, 0) is 10.0 Å². The highest BCUT2D eigenvalue weighted by Crippen LogP contribution is 2.16. The molecular formula is C10H14N4O2S. The van der Waals surface area contributed by atoms with E-state index in [0.717, 1.165) is 0 Å². The molecule has 6 nitrogen and oxygen atoms in total. The molecule has 0 unspecified atom stereocenters.